The molecule has 0 unspecified atom stereocenters. The molecule has 0 spiro atoms. The summed E-state index contributed by atoms with van der Waals surface area (Å²) in [5, 5.41) is 13.6. The highest BCUT2D eigenvalue weighted by atomic mass is 79.9. The summed E-state index contributed by atoms with van der Waals surface area (Å²) in [6, 6.07) is 3.93. The fourth-order valence-corrected chi connectivity index (χ4v) is 2.70. The van der Waals surface area contributed by atoms with Crippen molar-refractivity contribution in [3.63, 3.8) is 0 Å². The molecule has 0 heterocycles. The third-order valence-electron chi connectivity index (χ3n) is 3.73. The van der Waals surface area contributed by atoms with E-state index in [0.29, 0.717) is 31.2 Å². The zero-order valence-corrected chi connectivity index (χ0v) is 15.2. The Hall–Kier alpha value is -1.04. The van der Waals surface area contributed by atoms with Gasteiger partial charge in [0, 0.05) is 13.1 Å². The maximum Gasteiger partial charge on any atom is 0.175 e. The van der Waals surface area contributed by atoms with Gasteiger partial charge in [0.05, 0.1) is 17.2 Å². The van der Waals surface area contributed by atoms with Crippen LogP contribution in [-0.4, -0.2) is 31.0 Å². The standard InChI is InChI=1S/C17H26BrNO3/c1-5-8-22-16-14(18)9-13(10-15(16)21-4)11-19-12-17(20,6-2)7-3/h5,9-10,19-20H,1,6-8,11-12H2,2-4H3. The molecule has 0 radical (unpaired) electrons. The van der Waals surface area contributed by atoms with E-state index in [1.54, 1.807) is 13.2 Å². The van der Waals surface area contributed by atoms with E-state index in [9.17, 15) is 5.11 Å². The highest BCUT2D eigenvalue weighted by Gasteiger charge is 2.21. The Balaban J connectivity index is 2.76. The summed E-state index contributed by atoms with van der Waals surface area (Å²) in [5.41, 5.74) is 0.415. The van der Waals surface area contributed by atoms with Crippen molar-refractivity contribution in [3.05, 3.63) is 34.8 Å². The van der Waals surface area contributed by atoms with Crippen LogP contribution in [0.1, 0.15) is 32.3 Å². The number of aliphatic hydroxyl groups is 1. The average molecular weight is 372 g/mol. The molecule has 22 heavy (non-hydrogen) atoms. The van der Waals surface area contributed by atoms with Crippen LogP contribution in [0, 0.1) is 0 Å². The quantitative estimate of drug-likeness (QED) is 0.616. The molecule has 0 saturated carbocycles. The number of rotatable bonds is 10. The minimum absolute atomic E-state index is 0.423. The van der Waals surface area contributed by atoms with Gasteiger partial charge >= 0.3 is 0 Å². The molecule has 1 aromatic carbocycles. The molecule has 0 aliphatic rings. The summed E-state index contributed by atoms with van der Waals surface area (Å²) in [5.74, 6) is 1.35. The second-order valence-electron chi connectivity index (χ2n) is 5.24. The van der Waals surface area contributed by atoms with Gasteiger partial charge in [0.15, 0.2) is 11.5 Å². The van der Waals surface area contributed by atoms with Gasteiger partial charge in [-0.25, -0.2) is 0 Å². The van der Waals surface area contributed by atoms with Crippen LogP contribution < -0.4 is 14.8 Å². The van der Waals surface area contributed by atoms with Gasteiger partial charge in [-0.15, -0.1) is 0 Å². The van der Waals surface area contributed by atoms with Crippen molar-refractivity contribution in [3.8, 4) is 11.5 Å². The lowest BCUT2D eigenvalue weighted by atomic mass is 9.97. The van der Waals surface area contributed by atoms with Crippen LogP contribution >= 0.6 is 15.9 Å². The van der Waals surface area contributed by atoms with Gasteiger partial charge < -0.3 is 19.9 Å². The molecule has 0 aromatic heterocycles. The molecule has 5 heteroatoms. The fraction of sp³-hybridized carbons (Fsp3) is 0.529. The Labute approximate surface area is 141 Å². The minimum atomic E-state index is -0.645. The topological polar surface area (TPSA) is 50.7 Å². The molecule has 1 rings (SSSR count). The molecule has 124 valence electrons. The third-order valence-corrected chi connectivity index (χ3v) is 4.32. The van der Waals surface area contributed by atoms with Crippen LogP contribution in [0.4, 0.5) is 0 Å². The molecule has 0 aliphatic heterocycles. The average Bonchev–Trinajstić information content (AvgIpc) is 2.53. The van der Waals surface area contributed by atoms with Gasteiger partial charge in [-0.1, -0.05) is 26.5 Å². The Kier molecular flexibility index (Phi) is 7.93. The molecule has 0 fully saturated rings. The van der Waals surface area contributed by atoms with E-state index in [1.165, 1.54) is 0 Å². The smallest absolute Gasteiger partial charge is 0.175 e. The Morgan fingerprint density at radius 2 is 2.05 bits per heavy atom. The van der Waals surface area contributed by atoms with Crippen molar-refractivity contribution in [1.82, 2.24) is 5.32 Å². The second kappa shape index (κ2) is 9.18. The van der Waals surface area contributed by atoms with Gasteiger partial charge in [0.25, 0.3) is 0 Å². The van der Waals surface area contributed by atoms with Crippen LogP contribution in [0.2, 0.25) is 0 Å². The zero-order chi connectivity index (χ0) is 16.6. The van der Waals surface area contributed by atoms with E-state index < -0.39 is 5.60 Å². The van der Waals surface area contributed by atoms with Crippen LogP contribution in [0.25, 0.3) is 0 Å². The molecule has 0 atom stereocenters. The van der Waals surface area contributed by atoms with Crippen molar-refractivity contribution in [1.29, 1.82) is 0 Å². The normalized spacial score (nSPS) is 11.3. The summed E-state index contributed by atoms with van der Waals surface area (Å²) in [6.07, 6.45) is 3.16. The van der Waals surface area contributed by atoms with E-state index >= 15 is 0 Å². The first kappa shape index (κ1) is 19.0. The number of hydrogen-bond donors (Lipinski definition) is 2. The molecular weight excluding hydrogens is 346 g/mol. The lowest BCUT2D eigenvalue weighted by Crippen LogP contribution is -2.39. The number of halogens is 1. The number of nitrogens with one attached hydrogen (secondary N) is 1. The molecular formula is C17H26BrNO3. The summed E-state index contributed by atoms with van der Waals surface area (Å²) < 4.78 is 11.8. The second-order valence-corrected chi connectivity index (χ2v) is 6.10. The number of hydrogen-bond acceptors (Lipinski definition) is 4. The molecule has 1 aromatic rings. The fourth-order valence-electron chi connectivity index (χ4n) is 2.10. The van der Waals surface area contributed by atoms with Crippen molar-refractivity contribution in [2.75, 3.05) is 20.3 Å². The predicted molar refractivity (Wildman–Crippen MR) is 93.6 cm³/mol. The van der Waals surface area contributed by atoms with E-state index in [0.717, 1.165) is 22.9 Å². The van der Waals surface area contributed by atoms with Gasteiger partial charge in [0.2, 0.25) is 0 Å². The van der Waals surface area contributed by atoms with E-state index in [1.807, 2.05) is 26.0 Å². The van der Waals surface area contributed by atoms with Crippen molar-refractivity contribution >= 4 is 15.9 Å². The maximum atomic E-state index is 10.3. The van der Waals surface area contributed by atoms with Crippen LogP contribution in [0.5, 0.6) is 11.5 Å². The Bertz CT molecular complexity index is 487. The molecule has 0 aliphatic carbocycles. The van der Waals surface area contributed by atoms with Gasteiger partial charge in [-0.05, 0) is 46.5 Å². The first-order valence-corrected chi connectivity index (χ1v) is 8.32. The molecule has 2 N–H and O–H groups in total. The van der Waals surface area contributed by atoms with Gasteiger partial charge in [-0.2, -0.15) is 0 Å². The highest BCUT2D eigenvalue weighted by Crippen LogP contribution is 2.36. The lowest BCUT2D eigenvalue weighted by molar-refractivity contribution is 0.0323. The Morgan fingerprint density at radius 3 is 2.59 bits per heavy atom. The SMILES string of the molecule is C=CCOc1c(Br)cc(CNCC(O)(CC)CC)cc1OC. The lowest BCUT2D eigenvalue weighted by Gasteiger charge is -2.25. The summed E-state index contributed by atoms with van der Waals surface area (Å²) in [4.78, 5) is 0. The number of benzene rings is 1. The highest BCUT2D eigenvalue weighted by molar-refractivity contribution is 9.10. The maximum absolute atomic E-state index is 10.3. The summed E-state index contributed by atoms with van der Waals surface area (Å²) in [7, 11) is 1.62. The monoisotopic (exact) mass is 371 g/mol. The molecule has 0 bridgehead atoms. The van der Waals surface area contributed by atoms with Crippen LogP contribution in [0.15, 0.2) is 29.3 Å². The third kappa shape index (κ3) is 5.30. The van der Waals surface area contributed by atoms with Gasteiger partial charge in [0.1, 0.15) is 6.61 Å². The minimum Gasteiger partial charge on any atom is -0.493 e. The number of methoxy groups -OCH3 is 1. The van der Waals surface area contributed by atoms with Crippen molar-refractivity contribution < 1.29 is 14.6 Å². The first-order valence-electron chi connectivity index (χ1n) is 7.52. The molecule has 0 saturated heterocycles. The van der Waals surface area contributed by atoms with Crippen LogP contribution in [0.3, 0.4) is 0 Å². The first-order chi connectivity index (χ1) is 10.5. The van der Waals surface area contributed by atoms with Crippen molar-refractivity contribution in [2.24, 2.45) is 0 Å². The molecule has 4 nitrogen and oxygen atoms in total. The predicted octanol–water partition coefficient (Wildman–Crippen LogP) is 3.66. The van der Waals surface area contributed by atoms with E-state index in [4.69, 9.17) is 9.47 Å². The number of ether oxygens (including phenoxy) is 2. The summed E-state index contributed by atoms with van der Waals surface area (Å²) in [6.45, 7) is 9.28. The van der Waals surface area contributed by atoms with E-state index in [2.05, 4.69) is 27.8 Å². The van der Waals surface area contributed by atoms with Crippen molar-refractivity contribution in [2.45, 2.75) is 38.8 Å². The Morgan fingerprint density at radius 1 is 1.36 bits per heavy atom. The largest absolute Gasteiger partial charge is 0.493 e. The summed E-state index contributed by atoms with van der Waals surface area (Å²) >= 11 is 3.51. The molecule has 0 amide bonds. The zero-order valence-electron chi connectivity index (χ0n) is 13.6. The van der Waals surface area contributed by atoms with E-state index in [-0.39, 0.29) is 0 Å². The van der Waals surface area contributed by atoms with Gasteiger partial charge in [-0.3, -0.25) is 0 Å². The van der Waals surface area contributed by atoms with Crippen LogP contribution in [-0.2, 0) is 6.54 Å².